The van der Waals surface area contributed by atoms with Gasteiger partial charge < -0.3 is 15.0 Å². The molecule has 1 aromatic rings. The topological polar surface area (TPSA) is 61.9 Å². The van der Waals surface area contributed by atoms with Crippen molar-refractivity contribution in [2.45, 2.75) is 43.9 Å². The second-order valence-electron chi connectivity index (χ2n) is 7.76. The maximum absolute atomic E-state index is 13.7. The van der Waals surface area contributed by atoms with Crippen LogP contribution >= 0.6 is 0 Å². The van der Waals surface area contributed by atoms with Gasteiger partial charge >= 0.3 is 0 Å². The molecule has 0 aromatic heterocycles. The number of carbonyl (C=O) groups is 2. The molecular weight excluding hydrogens is 368 g/mol. The lowest BCUT2D eigenvalue weighted by Crippen LogP contribution is -2.56. The molecule has 2 aliphatic rings. The predicted octanol–water partition coefficient (Wildman–Crippen LogP) is 2.14. The summed E-state index contributed by atoms with van der Waals surface area (Å²) in [7, 11) is 3.80. The van der Waals surface area contributed by atoms with Crippen LogP contribution in [-0.2, 0) is 9.53 Å². The fourth-order valence-electron chi connectivity index (χ4n) is 4.01. The number of halogens is 2. The van der Waals surface area contributed by atoms with Gasteiger partial charge in [-0.1, -0.05) is 6.42 Å². The van der Waals surface area contributed by atoms with E-state index in [0.29, 0.717) is 25.9 Å². The average molecular weight is 395 g/mol. The Labute approximate surface area is 163 Å². The lowest BCUT2D eigenvalue weighted by molar-refractivity contribution is -0.127. The van der Waals surface area contributed by atoms with Gasteiger partial charge in [0.1, 0.15) is 23.4 Å². The Morgan fingerprint density at radius 3 is 2.43 bits per heavy atom. The molecule has 1 aromatic carbocycles. The van der Waals surface area contributed by atoms with Gasteiger partial charge in [0.15, 0.2) is 0 Å². The Morgan fingerprint density at radius 2 is 1.82 bits per heavy atom. The summed E-state index contributed by atoms with van der Waals surface area (Å²) in [5.74, 6) is -2.54. The monoisotopic (exact) mass is 395 g/mol. The molecule has 1 aliphatic heterocycles. The van der Waals surface area contributed by atoms with Crippen LogP contribution in [0.4, 0.5) is 8.78 Å². The molecule has 2 fully saturated rings. The highest BCUT2D eigenvalue weighted by atomic mass is 19.1. The summed E-state index contributed by atoms with van der Waals surface area (Å²) >= 11 is 0. The van der Waals surface area contributed by atoms with E-state index in [1.165, 1.54) is 4.90 Å². The summed E-state index contributed by atoms with van der Waals surface area (Å²) in [5, 5.41) is 2.83. The van der Waals surface area contributed by atoms with Crippen molar-refractivity contribution in [3.8, 4) is 0 Å². The van der Waals surface area contributed by atoms with E-state index in [4.69, 9.17) is 4.74 Å². The molecular formula is C20H27F2N3O3. The summed E-state index contributed by atoms with van der Waals surface area (Å²) in [6.45, 7) is 1.18. The van der Waals surface area contributed by atoms with Crippen LogP contribution < -0.4 is 5.32 Å². The summed E-state index contributed by atoms with van der Waals surface area (Å²) in [6.07, 6.45) is 3.99. The third-order valence-electron chi connectivity index (χ3n) is 5.38. The Hall–Kier alpha value is -2.06. The van der Waals surface area contributed by atoms with Gasteiger partial charge in [0, 0.05) is 24.7 Å². The molecule has 0 unspecified atom stereocenters. The van der Waals surface area contributed by atoms with E-state index >= 15 is 0 Å². The normalized spacial score (nSPS) is 21.3. The maximum Gasteiger partial charge on any atom is 0.257 e. The number of rotatable bonds is 5. The van der Waals surface area contributed by atoms with Gasteiger partial charge in [0.05, 0.1) is 6.61 Å². The first-order valence-electron chi connectivity index (χ1n) is 9.68. The Bertz CT molecular complexity index is 715. The van der Waals surface area contributed by atoms with Crippen molar-refractivity contribution in [2.75, 3.05) is 33.8 Å². The van der Waals surface area contributed by atoms with Gasteiger partial charge in [-0.3, -0.25) is 14.5 Å². The number of nitrogens with zero attached hydrogens (tertiary/aromatic N) is 2. The number of hydrogen-bond acceptors (Lipinski definition) is 4. The molecule has 154 valence electrons. The third kappa shape index (κ3) is 4.33. The number of ether oxygens (including phenoxy) is 1. The molecule has 0 radical (unpaired) electrons. The van der Waals surface area contributed by atoms with Crippen LogP contribution in [0.3, 0.4) is 0 Å². The summed E-state index contributed by atoms with van der Waals surface area (Å²) in [6, 6.07) is 1.90. The third-order valence-corrected chi connectivity index (χ3v) is 5.38. The smallest absolute Gasteiger partial charge is 0.257 e. The molecule has 1 atom stereocenters. The number of likely N-dealkylation sites (N-methyl/N-ethyl adjacent to an activating group) is 1. The molecule has 1 aliphatic carbocycles. The zero-order valence-electron chi connectivity index (χ0n) is 16.3. The minimum atomic E-state index is -0.887. The van der Waals surface area contributed by atoms with Crippen molar-refractivity contribution >= 4 is 11.8 Å². The van der Waals surface area contributed by atoms with E-state index in [-0.39, 0.29) is 18.1 Å². The van der Waals surface area contributed by atoms with Crippen molar-refractivity contribution in [3.63, 3.8) is 0 Å². The SMILES string of the molecule is CN(C)CCNC(=O)[C@H]1COC2(CCCCC2)N1C(=O)c1cc(F)cc(F)c1. The molecule has 0 bridgehead atoms. The summed E-state index contributed by atoms with van der Waals surface area (Å²) < 4.78 is 33.4. The minimum absolute atomic E-state index is 0.0807. The number of hydrogen-bond donors (Lipinski definition) is 1. The van der Waals surface area contributed by atoms with E-state index in [2.05, 4.69) is 5.32 Å². The number of carbonyl (C=O) groups excluding carboxylic acids is 2. The highest BCUT2D eigenvalue weighted by molar-refractivity contribution is 5.98. The van der Waals surface area contributed by atoms with Crippen LogP contribution in [0.5, 0.6) is 0 Å². The Kier molecular flexibility index (Phi) is 6.30. The van der Waals surface area contributed by atoms with Gasteiger partial charge in [-0.2, -0.15) is 0 Å². The zero-order chi connectivity index (χ0) is 20.3. The largest absolute Gasteiger partial charge is 0.353 e. The van der Waals surface area contributed by atoms with Crippen molar-refractivity contribution < 1.29 is 23.1 Å². The second kappa shape index (κ2) is 8.53. The molecule has 1 spiro atoms. The fraction of sp³-hybridized carbons (Fsp3) is 0.600. The first-order chi connectivity index (χ1) is 13.3. The Morgan fingerprint density at radius 1 is 1.18 bits per heavy atom. The molecule has 1 heterocycles. The Balaban J connectivity index is 1.87. The van der Waals surface area contributed by atoms with Crippen LogP contribution in [0.1, 0.15) is 42.5 Å². The number of benzene rings is 1. The van der Waals surface area contributed by atoms with Crippen LogP contribution in [0.15, 0.2) is 18.2 Å². The van der Waals surface area contributed by atoms with Crippen LogP contribution in [0.25, 0.3) is 0 Å². The summed E-state index contributed by atoms with van der Waals surface area (Å²) in [4.78, 5) is 29.4. The quantitative estimate of drug-likeness (QED) is 0.830. The first kappa shape index (κ1) is 20.7. The molecule has 3 rings (SSSR count). The van der Waals surface area contributed by atoms with Crippen LogP contribution in [0, 0.1) is 11.6 Å². The highest BCUT2D eigenvalue weighted by Crippen LogP contribution is 2.41. The van der Waals surface area contributed by atoms with E-state index < -0.39 is 29.3 Å². The molecule has 8 heteroatoms. The zero-order valence-corrected chi connectivity index (χ0v) is 16.3. The highest BCUT2D eigenvalue weighted by Gasteiger charge is 2.53. The van der Waals surface area contributed by atoms with E-state index in [9.17, 15) is 18.4 Å². The average Bonchev–Trinajstić information content (AvgIpc) is 2.99. The molecule has 1 saturated carbocycles. The van der Waals surface area contributed by atoms with Crippen molar-refractivity contribution in [3.05, 3.63) is 35.4 Å². The van der Waals surface area contributed by atoms with Gasteiger partial charge in [-0.05, 0) is 51.9 Å². The van der Waals surface area contributed by atoms with Crippen LogP contribution in [-0.4, -0.2) is 67.2 Å². The number of nitrogens with one attached hydrogen (secondary N) is 1. The van der Waals surface area contributed by atoms with Crippen molar-refractivity contribution in [1.29, 1.82) is 0 Å². The molecule has 2 amide bonds. The first-order valence-corrected chi connectivity index (χ1v) is 9.68. The number of amides is 2. The van der Waals surface area contributed by atoms with Gasteiger partial charge in [-0.25, -0.2) is 8.78 Å². The minimum Gasteiger partial charge on any atom is -0.353 e. The van der Waals surface area contributed by atoms with Crippen molar-refractivity contribution in [2.24, 2.45) is 0 Å². The lowest BCUT2D eigenvalue weighted by atomic mass is 9.89. The standard InChI is InChI=1S/C20H27F2N3O3/c1-24(2)9-8-23-18(26)17-13-28-20(6-4-3-5-7-20)25(17)19(27)14-10-15(21)12-16(22)11-14/h10-12,17H,3-9,13H2,1-2H3,(H,23,26)/t17-/m1/s1. The molecule has 28 heavy (non-hydrogen) atoms. The maximum atomic E-state index is 13.7. The second-order valence-corrected chi connectivity index (χ2v) is 7.76. The lowest BCUT2D eigenvalue weighted by Gasteiger charge is -2.41. The molecule has 6 nitrogen and oxygen atoms in total. The van der Waals surface area contributed by atoms with E-state index in [1.54, 1.807) is 0 Å². The van der Waals surface area contributed by atoms with Crippen LogP contribution in [0.2, 0.25) is 0 Å². The van der Waals surface area contributed by atoms with E-state index in [1.807, 2.05) is 19.0 Å². The molecule has 1 saturated heterocycles. The fourth-order valence-corrected chi connectivity index (χ4v) is 4.01. The predicted molar refractivity (Wildman–Crippen MR) is 99.6 cm³/mol. The van der Waals surface area contributed by atoms with Gasteiger partial charge in [-0.15, -0.1) is 0 Å². The molecule has 1 N–H and O–H groups in total. The van der Waals surface area contributed by atoms with Gasteiger partial charge in [0.2, 0.25) is 5.91 Å². The van der Waals surface area contributed by atoms with Gasteiger partial charge in [0.25, 0.3) is 5.91 Å². The summed E-state index contributed by atoms with van der Waals surface area (Å²) in [5.41, 5.74) is -0.999. The van der Waals surface area contributed by atoms with E-state index in [0.717, 1.165) is 37.5 Å². The van der Waals surface area contributed by atoms with Crippen molar-refractivity contribution in [1.82, 2.24) is 15.1 Å².